The number of aromatic nitrogens is 3. The maximum Gasteiger partial charge on any atom is 0.413 e. The Morgan fingerprint density at radius 1 is 1.20 bits per heavy atom. The highest BCUT2D eigenvalue weighted by atomic mass is 19.1. The Morgan fingerprint density at radius 2 is 1.94 bits per heavy atom. The molecule has 0 bridgehead atoms. The quantitative estimate of drug-likeness (QED) is 0.522. The third-order valence-corrected chi connectivity index (χ3v) is 5.93. The van der Waals surface area contributed by atoms with Crippen molar-refractivity contribution < 1.29 is 32.6 Å². The van der Waals surface area contributed by atoms with Crippen LogP contribution < -0.4 is 15.4 Å². The number of rotatable bonds is 7. The van der Waals surface area contributed by atoms with Gasteiger partial charge in [0.2, 0.25) is 0 Å². The summed E-state index contributed by atoms with van der Waals surface area (Å²) in [4.78, 5) is 28.6. The van der Waals surface area contributed by atoms with E-state index in [4.69, 9.17) is 10.5 Å². The van der Waals surface area contributed by atoms with Crippen molar-refractivity contribution in [1.82, 2.24) is 15.2 Å². The molecule has 0 saturated heterocycles. The van der Waals surface area contributed by atoms with Crippen molar-refractivity contribution in [3.63, 3.8) is 0 Å². The summed E-state index contributed by atoms with van der Waals surface area (Å²) in [5.41, 5.74) is 3.94. The van der Waals surface area contributed by atoms with E-state index in [1.807, 2.05) is 0 Å². The smallest absolute Gasteiger partial charge is 0.413 e. The van der Waals surface area contributed by atoms with Gasteiger partial charge in [-0.25, -0.2) is 18.0 Å². The first-order chi connectivity index (χ1) is 16.6. The van der Waals surface area contributed by atoms with Gasteiger partial charge in [-0.05, 0) is 43.2 Å². The molecule has 0 radical (unpaired) electrons. The van der Waals surface area contributed by atoms with Crippen molar-refractivity contribution in [2.45, 2.75) is 24.4 Å². The second kappa shape index (κ2) is 9.20. The fourth-order valence-electron chi connectivity index (χ4n) is 4.24. The van der Waals surface area contributed by atoms with Crippen molar-refractivity contribution in [2.24, 2.45) is 5.73 Å². The fraction of sp³-hybridized carbons (Fsp3) is 0.261. The zero-order valence-corrected chi connectivity index (χ0v) is 18.4. The minimum Gasteiger partial charge on any atom is -0.496 e. The van der Waals surface area contributed by atoms with Gasteiger partial charge in [-0.3, -0.25) is 14.7 Å². The van der Waals surface area contributed by atoms with Crippen LogP contribution in [0, 0.1) is 11.6 Å². The van der Waals surface area contributed by atoms with Crippen molar-refractivity contribution >= 4 is 17.8 Å². The minimum atomic E-state index is -1.42. The number of pyridine rings is 1. The van der Waals surface area contributed by atoms with E-state index >= 15 is 0 Å². The van der Waals surface area contributed by atoms with Crippen LogP contribution in [0.1, 0.15) is 28.9 Å². The van der Waals surface area contributed by atoms with Crippen molar-refractivity contribution in [1.29, 1.82) is 0 Å². The molecule has 3 N–H and O–H groups in total. The molecular weight excluding hydrogens is 467 g/mol. The Morgan fingerprint density at radius 3 is 2.49 bits per heavy atom. The SMILES string of the molecule is COc1cc(F)c(-c2ccc(N(CC3(c4ncccc4F)CC(F)C3)C(=O)O)nn2)cc1C(N)=O. The maximum absolute atomic E-state index is 14.6. The molecule has 9 nitrogen and oxygen atoms in total. The van der Waals surface area contributed by atoms with E-state index in [0.29, 0.717) is 0 Å². The summed E-state index contributed by atoms with van der Waals surface area (Å²) in [6.45, 7) is -0.312. The van der Waals surface area contributed by atoms with Crippen LogP contribution in [0.2, 0.25) is 0 Å². The van der Waals surface area contributed by atoms with E-state index in [1.54, 1.807) is 0 Å². The molecule has 0 spiro atoms. The molecule has 1 saturated carbocycles. The van der Waals surface area contributed by atoms with Gasteiger partial charge in [0.05, 0.1) is 24.1 Å². The summed E-state index contributed by atoms with van der Waals surface area (Å²) in [6.07, 6.45) is -1.50. The summed E-state index contributed by atoms with van der Waals surface area (Å²) in [7, 11) is 1.26. The standard InChI is InChI=1S/C23H20F3N5O4/c1-35-18-8-16(26)13(7-14(18)21(27)32)17-4-5-19(30-29-17)31(22(33)34)11-23(9-12(24)10-23)20-15(25)3-2-6-28-20/h2-8,12H,9-11H2,1H3,(H2,27,32)(H,33,34). The lowest BCUT2D eigenvalue weighted by atomic mass is 9.64. The summed E-state index contributed by atoms with van der Waals surface area (Å²) in [5.74, 6) is -2.46. The molecule has 1 aliphatic rings. The maximum atomic E-state index is 14.6. The lowest BCUT2D eigenvalue weighted by molar-refractivity contribution is 0.0901. The summed E-state index contributed by atoms with van der Waals surface area (Å²) in [6, 6.07) is 7.28. The Kier molecular flexibility index (Phi) is 6.29. The average molecular weight is 487 g/mol. The van der Waals surface area contributed by atoms with Crippen LogP contribution in [0.3, 0.4) is 0 Å². The van der Waals surface area contributed by atoms with Crippen LogP contribution in [0.15, 0.2) is 42.6 Å². The second-order valence-electron chi connectivity index (χ2n) is 8.16. The van der Waals surface area contributed by atoms with Crippen LogP contribution in [-0.2, 0) is 5.41 Å². The number of methoxy groups -OCH3 is 1. The third kappa shape index (κ3) is 4.46. The van der Waals surface area contributed by atoms with Crippen molar-refractivity contribution in [3.8, 4) is 17.0 Å². The lowest BCUT2D eigenvalue weighted by Crippen LogP contribution is -2.53. The molecule has 2 heterocycles. The number of benzene rings is 1. The number of primary amides is 1. The highest BCUT2D eigenvalue weighted by molar-refractivity contribution is 5.97. The number of nitrogens with zero attached hydrogens (tertiary/aromatic N) is 4. The van der Waals surface area contributed by atoms with Crippen LogP contribution in [-0.4, -0.2) is 52.1 Å². The van der Waals surface area contributed by atoms with Crippen molar-refractivity contribution in [3.05, 3.63) is 65.5 Å². The molecule has 0 unspecified atom stereocenters. The zero-order chi connectivity index (χ0) is 25.3. The molecule has 4 rings (SSSR count). The van der Waals surface area contributed by atoms with Crippen LogP contribution in [0.4, 0.5) is 23.8 Å². The molecule has 12 heteroatoms. The Labute approximate surface area is 197 Å². The lowest BCUT2D eigenvalue weighted by Gasteiger charge is -2.45. The highest BCUT2D eigenvalue weighted by Gasteiger charge is 2.50. The molecule has 1 aromatic carbocycles. The summed E-state index contributed by atoms with van der Waals surface area (Å²) >= 11 is 0. The first-order valence-corrected chi connectivity index (χ1v) is 10.4. The molecule has 2 aromatic heterocycles. The van der Waals surface area contributed by atoms with E-state index in [2.05, 4.69) is 15.2 Å². The number of nitrogens with two attached hydrogens (primary N) is 1. The molecule has 2 amide bonds. The second-order valence-corrected chi connectivity index (χ2v) is 8.16. The number of halogens is 3. The first kappa shape index (κ1) is 23.9. The molecule has 182 valence electrons. The van der Waals surface area contributed by atoms with Gasteiger partial charge in [0.25, 0.3) is 5.91 Å². The van der Waals surface area contributed by atoms with Gasteiger partial charge in [0, 0.05) is 29.8 Å². The zero-order valence-electron chi connectivity index (χ0n) is 18.4. The number of ether oxygens (including phenoxy) is 1. The van der Waals surface area contributed by atoms with Gasteiger partial charge >= 0.3 is 6.09 Å². The first-order valence-electron chi connectivity index (χ1n) is 10.4. The van der Waals surface area contributed by atoms with Crippen LogP contribution in [0.5, 0.6) is 5.75 Å². The highest BCUT2D eigenvalue weighted by Crippen LogP contribution is 2.46. The van der Waals surface area contributed by atoms with Gasteiger partial charge in [-0.1, -0.05) is 0 Å². The topological polar surface area (TPSA) is 132 Å². The monoisotopic (exact) mass is 487 g/mol. The van der Waals surface area contributed by atoms with E-state index in [9.17, 15) is 27.9 Å². The molecular formula is C23H20F3N5O4. The van der Waals surface area contributed by atoms with Gasteiger partial charge in [0.15, 0.2) is 5.82 Å². The molecule has 0 aliphatic heterocycles. The summed E-state index contributed by atoms with van der Waals surface area (Å²) in [5, 5.41) is 17.6. The Balaban J connectivity index is 1.67. The van der Waals surface area contributed by atoms with Crippen molar-refractivity contribution in [2.75, 3.05) is 18.6 Å². The Hall–Kier alpha value is -4.22. The molecule has 3 aromatic rings. The summed E-state index contributed by atoms with van der Waals surface area (Å²) < 4.78 is 47.9. The van der Waals surface area contributed by atoms with E-state index < -0.39 is 35.2 Å². The largest absolute Gasteiger partial charge is 0.496 e. The number of anilines is 1. The Bertz CT molecular complexity index is 1280. The number of hydrogen-bond acceptors (Lipinski definition) is 6. The van der Waals surface area contributed by atoms with E-state index in [0.717, 1.165) is 17.0 Å². The van der Waals surface area contributed by atoms with E-state index in [-0.39, 0.29) is 53.5 Å². The molecule has 1 fully saturated rings. The third-order valence-electron chi connectivity index (χ3n) is 5.93. The number of carbonyl (C=O) groups is 2. The fourth-order valence-corrected chi connectivity index (χ4v) is 4.24. The predicted molar refractivity (Wildman–Crippen MR) is 118 cm³/mol. The molecule has 35 heavy (non-hydrogen) atoms. The van der Waals surface area contributed by atoms with Gasteiger partial charge < -0.3 is 15.6 Å². The van der Waals surface area contributed by atoms with Gasteiger partial charge in [-0.15, -0.1) is 10.2 Å². The van der Waals surface area contributed by atoms with Crippen LogP contribution >= 0.6 is 0 Å². The number of alkyl halides is 1. The average Bonchev–Trinajstić information content (AvgIpc) is 2.81. The number of amides is 2. The van der Waals surface area contributed by atoms with E-state index in [1.165, 1.54) is 37.6 Å². The molecule has 0 atom stereocenters. The number of hydrogen-bond donors (Lipinski definition) is 2. The van der Waals surface area contributed by atoms with Gasteiger partial charge in [0.1, 0.15) is 23.6 Å². The van der Waals surface area contributed by atoms with Crippen LogP contribution in [0.25, 0.3) is 11.3 Å². The normalized spacial score (nSPS) is 19.0. The number of carboxylic acid groups (broad SMARTS) is 1. The number of carbonyl (C=O) groups excluding carboxylic acids is 1. The minimum absolute atomic E-state index is 0.000285. The predicted octanol–water partition coefficient (Wildman–Crippen LogP) is 3.48. The molecule has 1 aliphatic carbocycles. The van der Waals surface area contributed by atoms with Gasteiger partial charge in [-0.2, -0.15) is 0 Å².